The molecule has 1 aromatic carbocycles. The fraction of sp³-hybridized carbons (Fsp3) is 0.538. The summed E-state index contributed by atoms with van der Waals surface area (Å²) in [5.41, 5.74) is 1.53. The molecule has 0 radical (unpaired) electrons. The lowest BCUT2D eigenvalue weighted by Gasteiger charge is -2.21. The molecule has 0 saturated heterocycles. The van der Waals surface area contributed by atoms with Gasteiger partial charge in [0.2, 0.25) is 5.91 Å². The van der Waals surface area contributed by atoms with Gasteiger partial charge in [0, 0.05) is 6.54 Å². The Labute approximate surface area is 212 Å². The van der Waals surface area contributed by atoms with Crippen LogP contribution in [0.25, 0.3) is 11.3 Å². The van der Waals surface area contributed by atoms with Crippen LogP contribution in [0.1, 0.15) is 51.0 Å². The molecular weight excluding hydrogens is 464 g/mol. The molecule has 2 amide bonds. The first-order chi connectivity index (χ1) is 17.2. The normalized spacial score (nSPS) is 11.8. The molecule has 0 fully saturated rings. The number of nitrogens with one attached hydrogen (secondary N) is 2. The maximum Gasteiger partial charge on any atom is 0.325 e. The van der Waals surface area contributed by atoms with Crippen LogP contribution in [-0.2, 0) is 20.9 Å². The zero-order chi connectivity index (χ0) is 26.8. The Morgan fingerprint density at radius 2 is 1.64 bits per heavy atom. The van der Waals surface area contributed by atoms with Crippen molar-refractivity contribution >= 4 is 17.8 Å². The van der Waals surface area contributed by atoms with Gasteiger partial charge in [0.25, 0.3) is 5.91 Å². The van der Waals surface area contributed by atoms with Gasteiger partial charge in [-0.3, -0.25) is 19.1 Å². The summed E-state index contributed by atoms with van der Waals surface area (Å²) < 4.78 is 17.6. The Kier molecular flexibility index (Phi) is 10.8. The molecule has 10 heteroatoms. The van der Waals surface area contributed by atoms with Gasteiger partial charge in [-0.2, -0.15) is 5.10 Å². The number of esters is 1. The summed E-state index contributed by atoms with van der Waals surface area (Å²) in [6, 6.07) is 6.30. The molecule has 0 bridgehead atoms. The molecule has 1 atom stereocenters. The van der Waals surface area contributed by atoms with Gasteiger partial charge in [-0.1, -0.05) is 46.6 Å². The Morgan fingerprint density at radius 1 is 1.03 bits per heavy atom. The van der Waals surface area contributed by atoms with E-state index in [0.717, 1.165) is 12.8 Å². The second-order valence-electron chi connectivity index (χ2n) is 8.81. The molecule has 198 valence electrons. The zero-order valence-corrected chi connectivity index (χ0v) is 22.2. The van der Waals surface area contributed by atoms with Crippen molar-refractivity contribution in [2.24, 2.45) is 11.8 Å². The Morgan fingerprint density at radius 3 is 2.14 bits per heavy atom. The minimum atomic E-state index is -0.865. The molecule has 36 heavy (non-hydrogen) atoms. The van der Waals surface area contributed by atoms with Gasteiger partial charge in [0.05, 0.1) is 32.6 Å². The van der Waals surface area contributed by atoms with Crippen molar-refractivity contribution in [3.63, 3.8) is 0 Å². The average molecular weight is 503 g/mol. The van der Waals surface area contributed by atoms with Crippen LogP contribution in [0.5, 0.6) is 11.5 Å². The lowest BCUT2D eigenvalue weighted by Crippen LogP contribution is -2.50. The number of aromatic nitrogens is 2. The van der Waals surface area contributed by atoms with Crippen LogP contribution in [0.2, 0.25) is 0 Å². The van der Waals surface area contributed by atoms with E-state index in [-0.39, 0.29) is 18.2 Å². The molecule has 1 heterocycles. The van der Waals surface area contributed by atoms with Crippen LogP contribution < -0.4 is 20.1 Å². The first-order valence-corrected chi connectivity index (χ1v) is 12.1. The summed E-state index contributed by atoms with van der Waals surface area (Å²) in [5.74, 6) is -0.247. The minimum absolute atomic E-state index is 0.162. The summed E-state index contributed by atoms with van der Waals surface area (Å²) >= 11 is 0. The maximum absolute atomic E-state index is 13.3. The molecule has 0 spiro atoms. The lowest BCUT2D eigenvalue weighted by atomic mass is 10.0. The van der Waals surface area contributed by atoms with E-state index in [1.54, 1.807) is 38.8 Å². The standard InChI is InChI=1S/C26H38N4O6/c1-8-17(9-2)15-30-19(23-20(34-5)11-10-12-21(23)35-6)13-18(29-30)25(32)28-24(16(3)4)26(33)27-14-22(31)36-7/h10-13,16-17,24H,8-9,14-15H2,1-7H3,(H,27,33)(H,28,32). The zero-order valence-electron chi connectivity index (χ0n) is 22.2. The molecule has 1 unspecified atom stereocenters. The maximum atomic E-state index is 13.3. The van der Waals surface area contributed by atoms with Crippen molar-refractivity contribution in [1.82, 2.24) is 20.4 Å². The van der Waals surface area contributed by atoms with Crippen molar-refractivity contribution in [3.05, 3.63) is 30.0 Å². The van der Waals surface area contributed by atoms with E-state index < -0.39 is 23.8 Å². The van der Waals surface area contributed by atoms with Crippen LogP contribution in [0, 0.1) is 11.8 Å². The quantitative estimate of drug-likeness (QED) is 0.404. The van der Waals surface area contributed by atoms with Gasteiger partial charge < -0.3 is 24.8 Å². The largest absolute Gasteiger partial charge is 0.496 e. The van der Waals surface area contributed by atoms with Crippen LogP contribution in [0.4, 0.5) is 0 Å². The molecule has 0 aliphatic heterocycles. The summed E-state index contributed by atoms with van der Waals surface area (Å²) in [6.45, 7) is 8.17. The molecule has 2 rings (SSSR count). The molecule has 0 aliphatic carbocycles. The third kappa shape index (κ3) is 6.99. The van der Waals surface area contributed by atoms with Gasteiger partial charge in [-0.25, -0.2) is 0 Å². The molecule has 10 nitrogen and oxygen atoms in total. The molecule has 0 saturated carbocycles. The molecule has 2 N–H and O–H groups in total. The van der Waals surface area contributed by atoms with E-state index in [9.17, 15) is 14.4 Å². The lowest BCUT2D eigenvalue weighted by molar-refractivity contribution is -0.141. The fourth-order valence-corrected chi connectivity index (χ4v) is 3.85. The van der Waals surface area contributed by atoms with E-state index in [0.29, 0.717) is 35.2 Å². The number of methoxy groups -OCH3 is 3. The van der Waals surface area contributed by atoms with Crippen molar-refractivity contribution in [3.8, 4) is 22.8 Å². The Hall–Kier alpha value is -3.56. The van der Waals surface area contributed by atoms with Crippen LogP contribution in [-0.4, -0.2) is 61.5 Å². The smallest absolute Gasteiger partial charge is 0.325 e. The van der Waals surface area contributed by atoms with Crippen molar-refractivity contribution in [2.45, 2.75) is 53.1 Å². The van der Waals surface area contributed by atoms with E-state index in [4.69, 9.17) is 9.47 Å². The highest BCUT2D eigenvalue weighted by atomic mass is 16.5. The van der Waals surface area contributed by atoms with Crippen molar-refractivity contribution < 1.29 is 28.6 Å². The average Bonchev–Trinajstić information content (AvgIpc) is 3.30. The second kappa shape index (κ2) is 13.5. The number of carbonyl (C=O) groups is 3. The van der Waals surface area contributed by atoms with Crippen LogP contribution in [0.3, 0.4) is 0 Å². The van der Waals surface area contributed by atoms with E-state index in [1.165, 1.54) is 7.11 Å². The number of nitrogens with zero attached hydrogens (tertiary/aromatic N) is 2. The van der Waals surface area contributed by atoms with Crippen molar-refractivity contribution in [1.29, 1.82) is 0 Å². The van der Waals surface area contributed by atoms with Crippen molar-refractivity contribution in [2.75, 3.05) is 27.9 Å². The minimum Gasteiger partial charge on any atom is -0.496 e. The van der Waals surface area contributed by atoms with E-state index >= 15 is 0 Å². The van der Waals surface area contributed by atoms with E-state index in [1.807, 2.05) is 18.2 Å². The number of hydrogen-bond acceptors (Lipinski definition) is 7. The van der Waals surface area contributed by atoms with Gasteiger partial charge in [-0.15, -0.1) is 0 Å². The predicted molar refractivity (Wildman–Crippen MR) is 136 cm³/mol. The third-order valence-corrected chi connectivity index (χ3v) is 6.15. The summed E-state index contributed by atoms with van der Waals surface area (Å²) in [6.07, 6.45) is 1.91. The topological polar surface area (TPSA) is 121 Å². The van der Waals surface area contributed by atoms with Gasteiger partial charge in [0.15, 0.2) is 5.69 Å². The fourth-order valence-electron chi connectivity index (χ4n) is 3.85. The van der Waals surface area contributed by atoms with Gasteiger partial charge in [0.1, 0.15) is 24.1 Å². The molecular formula is C26H38N4O6. The van der Waals surface area contributed by atoms with Gasteiger partial charge >= 0.3 is 5.97 Å². The SMILES string of the molecule is CCC(CC)Cn1nc(C(=O)NC(C(=O)NCC(=O)OC)C(C)C)cc1-c1c(OC)cccc1OC. The number of ether oxygens (including phenoxy) is 3. The number of hydrogen-bond donors (Lipinski definition) is 2. The second-order valence-corrected chi connectivity index (χ2v) is 8.81. The van der Waals surface area contributed by atoms with Crippen LogP contribution >= 0.6 is 0 Å². The summed E-state index contributed by atoms with van der Waals surface area (Å²) in [4.78, 5) is 37.3. The number of benzene rings is 1. The Bertz CT molecular complexity index is 1020. The monoisotopic (exact) mass is 502 g/mol. The number of carbonyl (C=O) groups excluding carboxylic acids is 3. The highest BCUT2D eigenvalue weighted by molar-refractivity contribution is 5.97. The first kappa shape index (κ1) is 28.7. The highest BCUT2D eigenvalue weighted by Crippen LogP contribution is 2.39. The highest BCUT2D eigenvalue weighted by Gasteiger charge is 2.28. The molecule has 2 aromatic rings. The number of amides is 2. The van der Waals surface area contributed by atoms with Crippen LogP contribution in [0.15, 0.2) is 24.3 Å². The predicted octanol–water partition coefficient (Wildman–Crippen LogP) is 3.05. The van der Waals surface area contributed by atoms with Gasteiger partial charge in [-0.05, 0) is 30.0 Å². The number of rotatable bonds is 13. The molecule has 0 aliphatic rings. The Balaban J connectivity index is 2.46. The summed E-state index contributed by atoms with van der Waals surface area (Å²) in [7, 11) is 4.39. The molecule has 1 aromatic heterocycles. The van der Waals surface area contributed by atoms with E-state index in [2.05, 4.69) is 34.3 Å². The summed E-state index contributed by atoms with van der Waals surface area (Å²) in [5, 5.41) is 9.88. The third-order valence-electron chi connectivity index (χ3n) is 6.15. The first-order valence-electron chi connectivity index (χ1n) is 12.1.